The van der Waals surface area contributed by atoms with Crippen molar-refractivity contribution in [2.75, 3.05) is 13.6 Å². The number of benzene rings is 1. The molecular formula is C19H20N4O3. The van der Waals surface area contributed by atoms with E-state index in [1.54, 1.807) is 0 Å². The van der Waals surface area contributed by atoms with Crippen LogP contribution in [0.15, 0.2) is 46.5 Å². The second-order valence-corrected chi connectivity index (χ2v) is 6.59. The Bertz CT molecular complexity index is 1120. The van der Waals surface area contributed by atoms with Crippen LogP contribution in [0.5, 0.6) is 5.88 Å². The van der Waals surface area contributed by atoms with Crippen molar-refractivity contribution < 1.29 is 5.11 Å². The quantitative estimate of drug-likeness (QED) is 0.623. The molecule has 1 atom stereocenters. The highest BCUT2D eigenvalue weighted by Crippen LogP contribution is 2.38. The molecule has 0 unspecified atom stereocenters. The lowest BCUT2D eigenvalue weighted by Gasteiger charge is -2.32. The van der Waals surface area contributed by atoms with Gasteiger partial charge < -0.3 is 10.1 Å². The van der Waals surface area contributed by atoms with E-state index in [1.165, 1.54) is 6.08 Å². The average molecular weight is 352 g/mol. The Morgan fingerprint density at radius 1 is 1.31 bits per heavy atom. The number of hydrogen-bond acceptors (Lipinski definition) is 4. The first kappa shape index (κ1) is 16.4. The molecule has 0 radical (unpaired) electrons. The van der Waals surface area contributed by atoms with E-state index >= 15 is 0 Å². The maximum Gasteiger partial charge on any atom is 0.331 e. The van der Waals surface area contributed by atoms with Crippen molar-refractivity contribution in [2.45, 2.75) is 19.0 Å². The predicted octanol–water partition coefficient (Wildman–Crippen LogP) is 1.49. The number of nitrogens with one attached hydrogen (secondary N) is 2. The summed E-state index contributed by atoms with van der Waals surface area (Å²) >= 11 is 0. The standard InChI is InChI=1S/C19H20N4O3/c1-3-9-23-18(25)14(17(24)21-19(23)26)16-15-12(8-10-22(16)2)11-6-4-5-7-13(11)20-15/h3-7,16,20,25H,1,8-10H2,2H3,(H,21,24,26)/t16-/m0/s1. The Kier molecular flexibility index (Phi) is 3.81. The van der Waals surface area contributed by atoms with Crippen LogP contribution in [0.25, 0.3) is 10.9 Å². The fourth-order valence-corrected chi connectivity index (χ4v) is 3.85. The highest BCUT2D eigenvalue weighted by atomic mass is 16.3. The lowest BCUT2D eigenvalue weighted by molar-refractivity contribution is 0.250. The number of allylic oxidation sites excluding steroid dienone is 1. The van der Waals surface area contributed by atoms with E-state index < -0.39 is 17.3 Å². The van der Waals surface area contributed by atoms with Gasteiger partial charge in [0.15, 0.2) is 0 Å². The van der Waals surface area contributed by atoms with Gasteiger partial charge in [-0.15, -0.1) is 6.58 Å². The smallest absolute Gasteiger partial charge is 0.331 e. The number of H-pyrrole nitrogens is 2. The molecule has 0 aliphatic carbocycles. The normalized spacial score (nSPS) is 17.3. The fourth-order valence-electron chi connectivity index (χ4n) is 3.85. The lowest BCUT2D eigenvalue weighted by atomic mass is 9.94. The molecule has 4 rings (SSSR count). The molecule has 0 fully saturated rings. The molecule has 1 aliphatic rings. The van der Waals surface area contributed by atoms with Gasteiger partial charge in [-0.25, -0.2) is 4.79 Å². The molecule has 134 valence electrons. The second kappa shape index (κ2) is 6.03. The van der Waals surface area contributed by atoms with Crippen molar-refractivity contribution in [2.24, 2.45) is 0 Å². The molecule has 1 aliphatic heterocycles. The zero-order chi connectivity index (χ0) is 18.4. The number of hydrogen-bond donors (Lipinski definition) is 3. The van der Waals surface area contributed by atoms with Crippen molar-refractivity contribution in [3.63, 3.8) is 0 Å². The minimum atomic E-state index is -0.647. The van der Waals surface area contributed by atoms with E-state index in [9.17, 15) is 14.7 Å². The highest BCUT2D eigenvalue weighted by molar-refractivity contribution is 5.85. The van der Waals surface area contributed by atoms with Gasteiger partial charge in [0.25, 0.3) is 5.56 Å². The topological polar surface area (TPSA) is 94.1 Å². The summed E-state index contributed by atoms with van der Waals surface area (Å²) in [7, 11) is 1.90. The van der Waals surface area contributed by atoms with Crippen LogP contribution < -0.4 is 11.2 Å². The van der Waals surface area contributed by atoms with E-state index in [2.05, 4.69) is 22.6 Å². The largest absolute Gasteiger partial charge is 0.494 e. The number of aromatic hydroxyl groups is 1. The molecule has 26 heavy (non-hydrogen) atoms. The van der Waals surface area contributed by atoms with Crippen molar-refractivity contribution in [3.8, 4) is 5.88 Å². The molecule has 0 saturated carbocycles. The summed E-state index contributed by atoms with van der Waals surface area (Å²) in [6, 6.07) is 7.52. The minimum Gasteiger partial charge on any atom is -0.494 e. The molecule has 0 saturated heterocycles. The molecule has 3 N–H and O–H groups in total. The lowest BCUT2D eigenvalue weighted by Crippen LogP contribution is -2.39. The number of nitrogens with zero attached hydrogens (tertiary/aromatic N) is 2. The van der Waals surface area contributed by atoms with Gasteiger partial charge in [0, 0.05) is 29.7 Å². The van der Waals surface area contributed by atoms with Crippen LogP contribution >= 0.6 is 0 Å². The van der Waals surface area contributed by atoms with Crippen LogP contribution in [0.2, 0.25) is 0 Å². The van der Waals surface area contributed by atoms with E-state index in [0.29, 0.717) is 0 Å². The number of para-hydroxylation sites is 1. The van der Waals surface area contributed by atoms with E-state index in [4.69, 9.17) is 0 Å². The Balaban J connectivity index is 2.00. The summed E-state index contributed by atoms with van der Waals surface area (Å²) in [6.45, 7) is 4.45. The number of aromatic nitrogens is 3. The summed E-state index contributed by atoms with van der Waals surface area (Å²) in [5.41, 5.74) is 1.96. The number of aromatic amines is 2. The molecule has 1 aromatic carbocycles. The molecule has 0 amide bonds. The Morgan fingerprint density at radius 2 is 2.08 bits per heavy atom. The van der Waals surface area contributed by atoms with E-state index in [-0.39, 0.29) is 18.0 Å². The third-order valence-corrected chi connectivity index (χ3v) is 5.07. The fraction of sp³-hybridized carbons (Fsp3) is 0.263. The Hall–Kier alpha value is -3.06. The maximum atomic E-state index is 12.6. The van der Waals surface area contributed by atoms with Crippen LogP contribution in [0, 0.1) is 0 Å². The van der Waals surface area contributed by atoms with E-state index in [1.807, 2.05) is 30.1 Å². The third-order valence-electron chi connectivity index (χ3n) is 5.07. The van der Waals surface area contributed by atoms with Gasteiger partial charge in [-0.1, -0.05) is 24.3 Å². The first-order valence-corrected chi connectivity index (χ1v) is 8.49. The van der Waals surface area contributed by atoms with Gasteiger partial charge in [0.2, 0.25) is 5.88 Å². The average Bonchev–Trinajstić information content (AvgIpc) is 2.99. The molecule has 2 aromatic heterocycles. The van der Waals surface area contributed by atoms with E-state index in [0.717, 1.165) is 39.7 Å². The summed E-state index contributed by atoms with van der Waals surface area (Å²) < 4.78 is 1.12. The SMILES string of the molecule is C=CCn1c(O)c([C@H]2c3[nH]c4ccccc4c3CCN2C)c(=O)[nH]c1=O. The monoisotopic (exact) mass is 352 g/mol. The second-order valence-electron chi connectivity index (χ2n) is 6.59. The first-order chi connectivity index (χ1) is 12.5. The third kappa shape index (κ3) is 2.32. The van der Waals surface area contributed by atoms with Crippen LogP contribution in [-0.2, 0) is 13.0 Å². The van der Waals surface area contributed by atoms with Gasteiger partial charge in [-0.05, 0) is 25.1 Å². The summed E-state index contributed by atoms with van der Waals surface area (Å²) in [5.74, 6) is -0.318. The minimum absolute atomic E-state index is 0.116. The zero-order valence-electron chi connectivity index (χ0n) is 14.5. The van der Waals surface area contributed by atoms with Crippen molar-refractivity contribution >= 4 is 10.9 Å². The summed E-state index contributed by atoms with van der Waals surface area (Å²) in [5, 5.41) is 11.8. The number of fused-ring (bicyclic) bond motifs is 3. The molecule has 0 bridgehead atoms. The van der Waals surface area contributed by atoms with Crippen molar-refractivity contribution in [3.05, 3.63) is 74.6 Å². The van der Waals surface area contributed by atoms with Crippen molar-refractivity contribution in [1.29, 1.82) is 0 Å². The van der Waals surface area contributed by atoms with Crippen LogP contribution in [0.3, 0.4) is 0 Å². The first-order valence-electron chi connectivity index (χ1n) is 8.49. The van der Waals surface area contributed by atoms with Gasteiger partial charge in [-0.3, -0.25) is 19.2 Å². The molecule has 0 spiro atoms. The highest BCUT2D eigenvalue weighted by Gasteiger charge is 2.34. The van der Waals surface area contributed by atoms with Gasteiger partial charge in [-0.2, -0.15) is 0 Å². The van der Waals surface area contributed by atoms with Gasteiger partial charge in [0.1, 0.15) is 5.56 Å². The predicted molar refractivity (Wildman–Crippen MR) is 99.7 cm³/mol. The molecule has 7 nitrogen and oxygen atoms in total. The number of likely N-dealkylation sites (N-methyl/N-ethyl adjacent to an activating group) is 1. The van der Waals surface area contributed by atoms with Crippen LogP contribution in [0.4, 0.5) is 0 Å². The Morgan fingerprint density at radius 3 is 2.85 bits per heavy atom. The van der Waals surface area contributed by atoms with Gasteiger partial charge in [0.05, 0.1) is 6.04 Å². The molecule has 3 aromatic rings. The zero-order valence-corrected chi connectivity index (χ0v) is 14.5. The van der Waals surface area contributed by atoms with Crippen LogP contribution in [0.1, 0.15) is 22.9 Å². The van der Waals surface area contributed by atoms with Gasteiger partial charge >= 0.3 is 5.69 Å². The maximum absolute atomic E-state index is 12.6. The Labute approximate surface area is 149 Å². The molecule has 3 heterocycles. The molecule has 7 heteroatoms. The summed E-state index contributed by atoms with van der Waals surface area (Å²) in [6.07, 6.45) is 2.35. The number of rotatable bonds is 3. The van der Waals surface area contributed by atoms with Crippen LogP contribution in [-0.4, -0.2) is 38.1 Å². The molecular weight excluding hydrogens is 332 g/mol. The summed E-state index contributed by atoms with van der Waals surface area (Å²) in [4.78, 5) is 32.3. The van der Waals surface area contributed by atoms with Crippen molar-refractivity contribution in [1.82, 2.24) is 19.4 Å².